The predicted octanol–water partition coefficient (Wildman–Crippen LogP) is 26.4. The van der Waals surface area contributed by atoms with Crippen molar-refractivity contribution in [1.29, 1.82) is 0 Å². The van der Waals surface area contributed by atoms with E-state index in [1.165, 1.54) is 186 Å². The van der Waals surface area contributed by atoms with Gasteiger partial charge in [-0.1, -0.05) is 367 Å². The van der Waals surface area contributed by atoms with Crippen LogP contribution in [0.1, 0.15) is 380 Å². The molecule has 0 aromatic heterocycles. The summed E-state index contributed by atoms with van der Waals surface area (Å²) in [5.41, 5.74) is 0. The van der Waals surface area contributed by atoms with Crippen molar-refractivity contribution in [3.05, 3.63) is 122 Å². The zero-order valence-corrected chi connectivity index (χ0v) is 71.0. The van der Waals surface area contributed by atoms with Gasteiger partial charge in [-0.25, -0.2) is 9.13 Å². The highest BCUT2D eigenvalue weighted by Crippen LogP contribution is 2.45. The standard InChI is InChI=1S/C91H160O16P2/c1-4-7-10-13-16-19-22-25-27-29-31-33-35-37-38-39-40-41-42-43-44-45-46-48-50-51-53-55-57-60-62-65-68-71-74-77-89(94)101-80-86(92)81-103-108(97,98)104-82-87(93)83-105-109(99,100)106-85-88(107-91(96)79-76-73-70-67-64-59-24-21-18-15-12-9-6-3)84-102-90(95)78-75-72-69-66-63-61-58-56-54-52-49-47-36-34-32-30-28-26-23-20-17-14-11-8-5-2/h7,10,16-17,19-20,25-28,31-34,37-38,40-41,47,49,86-88,92-93H,4-6,8-9,11-15,18,21-24,29-30,35-36,39,42-46,48,50-85H2,1-3H3,(H,97,98)(H,99,100)/b10-7-,19-16-,20-17-,27-25-,28-26-,33-31-,34-32-,38-37-,41-40-,49-47-. The zero-order chi connectivity index (χ0) is 79.4. The molecule has 0 aliphatic heterocycles. The van der Waals surface area contributed by atoms with Crippen LogP contribution in [0.5, 0.6) is 0 Å². The molecule has 0 amide bonds. The molecule has 0 aliphatic rings. The van der Waals surface area contributed by atoms with E-state index < -0.39 is 91.5 Å². The third-order valence-corrected chi connectivity index (χ3v) is 20.6. The molecule has 0 radical (unpaired) electrons. The van der Waals surface area contributed by atoms with Crippen LogP contribution < -0.4 is 0 Å². The molecule has 0 aliphatic carbocycles. The lowest BCUT2D eigenvalue weighted by Crippen LogP contribution is -2.30. The van der Waals surface area contributed by atoms with E-state index in [-0.39, 0.29) is 19.3 Å². The van der Waals surface area contributed by atoms with Crippen molar-refractivity contribution >= 4 is 33.6 Å². The van der Waals surface area contributed by atoms with Crippen LogP contribution in [0, 0.1) is 0 Å². The third-order valence-electron chi connectivity index (χ3n) is 18.7. The van der Waals surface area contributed by atoms with Crippen LogP contribution in [0.15, 0.2) is 122 Å². The lowest BCUT2D eigenvalue weighted by Gasteiger charge is -2.21. The fourth-order valence-electron chi connectivity index (χ4n) is 12.0. The van der Waals surface area contributed by atoms with Gasteiger partial charge in [0.15, 0.2) is 6.10 Å². The van der Waals surface area contributed by atoms with Gasteiger partial charge >= 0.3 is 33.6 Å². The van der Waals surface area contributed by atoms with E-state index in [1.807, 2.05) is 0 Å². The number of hydrogen-bond donors (Lipinski definition) is 4. The molecule has 0 aromatic carbocycles. The summed E-state index contributed by atoms with van der Waals surface area (Å²) in [6, 6.07) is 0. The van der Waals surface area contributed by atoms with Gasteiger partial charge in [-0.3, -0.25) is 32.5 Å². The van der Waals surface area contributed by atoms with Crippen molar-refractivity contribution < 1.29 is 75.8 Å². The SMILES string of the molecule is CC/C=C\C/C=C\C/C=C\C/C=C\C/C=C\C/C=C\CCCCCCCCCCCCCCCCCCC(=O)OCC(O)COP(=O)(O)OCC(O)COP(=O)(O)OCC(COC(=O)CCCCCCCCCCC/C=C\C/C=C\C/C=C\C/C=C\CCCCC)OC(=O)CCCCCCCCCCCCCCC. The van der Waals surface area contributed by atoms with Crippen molar-refractivity contribution in [3.63, 3.8) is 0 Å². The number of rotatable bonds is 83. The molecule has 0 rings (SSSR count). The molecule has 16 nitrogen and oxygen atoms in total. The Kier molecular flexibility index (Phi) is 80.3. The van der Waals surface area contributed by atoms with Crippen LogP contribution in [-0.4, -0.2) is 95.9 Å². The highest BCUT2D eigenvalue weighted by Gasteiger charge is 2.29. The van der Waals surface area contributed by atoms with Gasteiger partial charge in [0.1, 0.15) is 25.4 Å². The van der Waals surface area contributed by atoms with E-state index in [0.717, 1.165) is 135 Å². The van der Waals surface area contributed by atoms with Gasteiger partial charge in [0.2, 0.25) is 0 Å². The summed E-state index contributed by atoms with van der Waals surface area (Å²) in [5, 5.41) is 20.7. The summed E-state index contributed by atoms with van der Waals surface area (Å²) >= 11 is 0. The maximum Gasteiger partial charge on any atom is 0.472 e. The maximum absolute atomic E-state index is 13.0. The molecule has 5 unspecified atom stereocenters. The highest BCUT2D eigenvalue weighted by molar-refractivity contribution is 7.47. The Labute approximate surface area is 665 Å². The quantitative estimate of drug-likeness (QED) is 0.0146. The summed E-state index contributed by atoms with van der Waals surface area (Å²) < 4.78 is 61.3. The second kappa shape index (κ2) is 83.4. The van der Waals surface area contributed by atoms with Crippen LogP contribution in [0.4, 0.5) is 0 Å². The van der Waals surface area contributed by atoms with Crippen molar-refractivity contribution in [2.45, 2.75) is 399 Å². The van der Waals surface area contributed by atoms with E-state index >= 15 is 0 Å². The zero-order valence-electron chi connectivity index (χ0n) is 69.2. The molecule has 0 spiro atoms. The average Bonchev–Trinajstić information content (AvgIpc) is 0.905. The van der Waals surface area contributed by atoms with Gasteiger partial charge in [0, 0.05) is 19.3 Å². The minimum atomic E-state index is -4.93. The summed E-state index contributed by atoms with van der Waals surface area (Å²) in [6.45, 7) is 2.58. The lowest BCUT2D eigenvalue weighted by molar-refractivity contribution is -0.161. The van der Waals surface area contributed by atoms with Crippen LogP contribution in [0.3, 0.4) is 0 Å². The van der Waals surface area contributed by atoms with Gasteiger partial charge in [-0.05, 0) is 116 Å². The van der Waals surface area contributed by atoms with Gasteiger partial charge < -0.3 is 34.2 Å². The Morgan fingerprint density at radius 1 is 0.266 bits per heavy atom. The number of ether oxygens (including phenoxy) is 3. The number of esters is 3. The minimum absolute atomic E-state index is 0.107. The first-order valence-electron chi connectivity index (χ1n) is 43.8. The lowest BCUT2D eigenvalue weighted by atomic mass is 10.0. The molecule has 630 valence electrons. The number of unbranched alkanes of at least 4 members (excludes halogenated alkanes) is 40. The molecule has 4 N–H and O–H groups in total. The normalized spacial score (nSPS) is 14.4. The summed E-state index contributed by atoms with van der Waals surface area (Å²) in [7, 11) is -9.79. The van der Waals surface area contributed by atoms with Crippen molar-refractivity contribution in [3.8, 4) is 0 Å². The summed E-state index contributed by atoms with van der Waals surface area (Å²) in [6.07, 6.45) is 101. The first kappa shape index (κ1) is 105. The average molecular weight is 1570 g/mol. The summed E-state index contributed by atoms with van der Waals surface area (Å²) in [5.74, 6) is -1.56. The molecule has 18 heteroatoms. The molecule has 0 heterocycles. The number of phosphoric ester groups is 2. The third kappa shape index (κ3) is 84.7. The first-order chi connectivity index (χ1) is 53.2. The van der Waals surface area contributed by atoms with Gasteiger partial charge in [-0.2, -0.15) is 0 Å². The molecule has 5 atom stereocenters. The van der Waals surface area contributed by atoms with Crippen molar-refractivity contribution in [2.24, 2.45) is 0 Å². The predicted molar refractivity (Wildman–Crippen MR) is 454 cm³/mol. The number of carbonyl (C=O) groups excluding carboxylic acids is 3. The minimum Gasteiger partial charge on any atom is -0.463 e. The van der Waals surface area contributed by atoms with E-state index in [4.69, 9.17) is 32.3 Å². The van der Waals surface area contributed by atoms with Crippen molar-refractivity contribution in [1.82, 2.24) is 0 Å². The number of carbonyl (C=O) groups is 3. The number of aliphatic hydroxyl groups is 2. The van der Waals surface area contributed by atoms with Crippen molar-refractivity contribution in [2.75, 3.05) is 39.6 Å². The Balaban J connectivity index is 4.39. The number of allylic oxidation sites excluding steroid dienone is 20. The van der Waals surface area contributed by atoms with Crippen LogP contribution in [0.25, 0.3) is 0 Å². The van der Waals surface area contributed by atoms with E-state index in [9.17, 15) is 43.5 Å². The molecular weight excluding hydrogens is 1410 g/mol. The van der Waals surface area contributed by atoms with E-state index in [0.29, 0.717) is 19.3 Å². The van der Waals surface area contributed by atoms with Gasteiger partial charge in [-0.15, -0.1) is 0 Å². The number of phosphoric acid groups is 2. The van der Waals surface area contributed by atoms with Crippen LogP contribution in [0.2, 0.25) is 0 Å². The second-order valence-corrected chi connectivity index (χ2v) is 32.2. The Morgan fingerprint density at radius 3 is 0.789 bits per heavy atom. The second-order valence-electron chi connectivity index (χ2n) is 29.3. The molecular formula is C91H160O16P2. The van der Waals surface area contributed by atoms with E-state index in [2.05, 4.69) is 142 Å². The highest BCUT2D eigenvalue weighted by atomic mass is 31.2. The molecule has 0 bridgehead atoms. The monoisotopic (exact) mass is 1570 g/mol. The Hall–Kier alpha value is -4.05. The molecule has 0 saturated heterocycles. The fraction of sp³-hybridized carbons (Fsp3) is 0.747. The van der Waals surface area contributed by atoms with Crippen LogP contribution >= 0.6 is 15.6 Å². The fourth-order valence-corrected chi connectivity index (χ4v) is 13.6. The molecule has 0 saturated carbocycles. The largest absolute Gasteiger partial charge is 0.472 e. The van der Waals surface area contributed by atoms with Gasteiger partial charge in [0.05, 0.1) is 26.4 Å². The Bertz CT molecular complexity index is 2460. The number of aliphatic hydroxyl groups excluding tert-OH is 2. The summed E-state index contributed by atoms with van der Waals surface area (Å²) in [4.78, 5) is 58.8. The molecule has 0 aromatic rings. The van der Waals surface area contributed by atoms with E-state index in [1.54, 1.807) is 0 Å². The smallest absolute Gasteiger partial charge is 0.463 e. The maximum atomic E-state index is 13.0. The molecule has 0 fully saturated rings. The first-order valence-corrected chi connectivity index (χ1v) is 46.8. The van der Waals surface area contributed by atoms with Crippen LogP contribution in [-0.2, 0) is 55.8 Å². The number of hydrogen-bond acceptors (Lipinski definition) is 14. The topological polar surface area (TPSA) is 231 Å². The molecule has 109 heavy (non-hydrogen) atoms. The Morgan fingerprint density at radius 2 is 0.486 bits per heavy atom. The van der Waals surface area contributed by atoms with Gasteiger partial charge in [0.25, 0.3) is 0 Å².